The summed E-state index contributed by atoms with van der Waals surface area (Å²) < 4.78 is 0. The minimum absolute atomic E-state index is 0.415. The largest absolute Gasteiger partial charge is 0.374 e. The lowest BCUT2D eigenvalue weighted by atomic mass is 10.1. The highest BCUT2D eigenvalue weighted by molar-refractivity contribution is 7.14. The summed E-state index contributed by atoms with van der Waals surface area (Å²) >= 11 is 1.60. The molecule has 1 unspecified atom stereocenters. The van der Waals surface area contributed by atoms with Crippen molar-refractivity contribution in [2.45, 2.75) is 39.7 Å². The van der Waals surface area contributed by atoms with Crippen LogP contribution in [0.3, 0.4) is 0 Å². The van der Waals surface area contributed by atoms with Crippen LogP contribution in [0.25, 0.3) is 0 Å². The second kappa shape index (κ2) is 8.27. The maximum absolute atomic E-state index is 10.8. The zero-order valence-electron chi connectivity index (χ0n) is 11.6. The molecule has 0 aliphatic carbocycles. The third-order valence-corrected chi connectivity index (χ3v) is 4.07. The van der Waals surface area contributed by atoms with Crippen molar-refractivity contribution in [1.29, 1.82) is 0 Å². The third-order valence-electron chi connectivity index (χ3n) is 3.21. The molecule has 1 aromatic heterocycles. The van der Waals surface area contributed by atoms with Gasteiger partial charge in [-0.25, -0.2) is 0 Å². The highest BCUT2D eigenvalue weighted by Gasteiger charge is 2.08. The van der Waals surface area contributed by atoms with Crippen LogP contribution in [0.5, 0.6) is 0 Å². The molecule has 0 aliphatic heterocycles. The van der Waals surface area contributed by atoms with Gasteiger partial charge in [-0.3, -0.25) is 4.79 Å². The van der Waals surface area contributed by atoms with Gasteiger partial charge in [0.05, 0.1) is 5.00 Å². The van der Waals surface area contributed by atoms with Gasteiger partial charge in [0, 0.05) is 11.6 Å². The Morgan fingerprint density at radius 2 is 2.17 bits per heavy atom. The summed E-state index contributed by atoms with van der Waals surface area (Å²) in [6.07, 6.45) is 3.24. The van der Waals surface area contributed by atoms with Crippen LogP contribution in [0, 0.1) is 0 Å². The van der Waals surface area contributed by atoms with Gasteiger partial charge in [-0.15, -0.1) is 11.3 Å². The molecule has 0 bridgehead atoms. The van der Waals surface area contributed by atoms with Crippen molar-refractivity contribution in [3.05, 3.63) is 17.0 Å². The lowest BCUT2D eigenvalue weighted by molar-refractivity contribution is 0.112. The average molecular weight is 268 g/mol. The second-order valence-corrected chi connectivity index (χ2v) is 5.45. The molecule has 1 N–H and O–H groups in total. The van der Waals surface area contributed by atoms with E-state index >= 15 is 0 Å². The molecule has 18 heavy (non-hydrogen) atoms. The Balaban J connectivity index is 2.29. The van der Waals surface area contributed by atoms with E-state index in [-0.39, 0.29) is 0 Å². The van der Waals surface area contributed by atoms with Gasteiger partial charge in [0.2, 0.25) is 0 Å². The van der Waals surface area contributed by atoms with E-state index in [0.29, 0.717) is 6.04 Å². The van der Waals surface area contributed by atoms with Gasteiger partial charge < -0.3 is 10.2 Å². The van der Waals surface area contributed by atoms with E-state index in [9.17, 15) is 4.79 Å². The number of nitrogens with one attached hydrogen (secondary N) is 1. The molecule has 102 valence electrons. The third kappa shape index (κ3) is 4.78. The normalized spacial score (nSPS) is 12.7. The first-order chi connectivity index (χ1) is 8.71. The number of carbonyl (C=O) groups excluding carboxylic acids is 1. The van der Waals surface area contributed by atoms with Crippen LogP contribution in [-0.4, -0.2) is 36.9 Å². The van der Waals surface area contributed by atoms with Crippen molar-refractivity contribution >= 4 is 22.6 Å². The Kier molecular flexibility index (Phi) is 6.98. The average Bonchev–Trinajstić information content (AvgIpc) is 2.82. The molecule has 0 aromatic carbocycles. The van der Waals surface area contributed by atoms with E-state index in [4.69, 9.17) is 0 Å². The number of carbonyl (C=O) groups is 1. The van der Waals surface area contributed by atoms with Gasteiger partial charge in [0.25, 0.3) is 0 Å². The van der Waals surface area contributed by atoms with Crippen molar-refractivity contribution in [2.75, 3.05) is 25.0 Å². The van der Waals surface area contributed by atoms with Crippen LogP contribution in [0.1, 0.15) is 44.0 Å². The van der Waals surface area contributed by atoms with Crippen LogP contribution < -0.4 is 5.32 Å². The van der Waals surface area contributed by atoms with Crippen molar-refractivity contribution in [1.82, 2.24) is 4.90 Å². The van der Waals surface area contributed by atoms with E-state index in [2.05, 4.69) is 31.0 Å². The molecule has 4 heteroatoms. The van der Waals surface area contributed by atoms with Crippen LogP contribution in [0.2, 0.25) is 0 Å². The first-order valence-corrected chi connectivity index (χ1v) is 7.60. The summed E-state index contributed by atoms with van der Waals surface area (Å²) in [5, 5.41) is 6.37. The van der Waals surface area contributed by atoms with Gasteiger partial charge in [0.15, 0.2) is 6.29 Å². The zero-order valence-corrected chi connectivity index (χ0v) is 12.4. The molecule has 0 spiro atoms. The number of thiophene rings is 1. The Labute approximate surface area is 114 Å². The lowest BCUT2D eigenvalue weighted by Crippen LogP contribution is -2.25. The second-order valence-electron chi connectivity index (χ2n) is 4.54. The van der Waals surface area contributed by atoms with Gasteiger partial charge in [0.1, 0.15) is 0 Å². The summed E-state index contributed by atoms with van der Waals surface area (Å²) in [5.41, 5.74) is 0.774. The molecule has 0 amide bonds. The van der Waals surface area contributed by atoms with Crippen LogP contribution >= 0.6 is 11.3 Å². The Hall–Kier alpha value is -0.870. The standard InChI is InChI=1S/C14H24N2OS/c1-4-16(5-2)9-6-7-12(3)15-14-13(11-17)8-10-18-14/h8,10-12,15H,4-7,9H2,1-3H3. The van der Waals surface area contributed by atoms with Gasteiger partial charge in [-0.05, 0) is 50.8 Å². The summed E-state index contributed by atoms with van der Waals surface area (Å²) in [7, 11) is 0. The Bertz CT molecular complexity index is 347. The molecule has 0 saturated carbocycles. The Morgan fingerprint density at radius 1 is 1.44 bits per heavy atom. The summed E-state index contributed by atoms with van der Waals surface area (Å²) in [6.45, 7) is 9.98. The molecular weight excluding hydrogens is 244 g/mol. The van der Waals surface area contributed by atoms with Crippen molar-refractivity contribution in [3.8, 4) is 0 Å². The Morgan fingerprint density at radius 3 is 2.78 bits per heavy atom. The molecular formula is C14H24N2OS. The molecule has 0 aliphatic rings. The van der Waals surface area contributed by atoms with E-state index < -0.39 is 0 Å². The molecule has 3 nitrogen and oxygen atoms in total. The predicted octanol–water partition coefficient (Wildman–Crippen LogP) is 3.48. The molecule has 1 heterocycles. The van der Waals surface area contributed by atoms with Crippen molar-refractivity contribution in [3.63, 3.8) is 0 Å². The lowest BCUT2D eigenvalue weighted by Gasteiger charge is -2.20. The molecule has 1 aromatic rings. The fourth-order valence-electron chi connectivity index (χ4n) is 1.99. The van der Waals surface area contributed by atoms with Crippen LogP contribution in [0.15, 0.2) is 11.4 Å². The molecule has 0 fully saturated rings. The number of hydrogen-bond donors (Lipinski definition) is 1. The highest BCUT2D eigenvalue weighted by Crippen LogP contribution is 2.22. The minimum Gasteiger partial charge on any atom is -0.374 e. The van der Waals surface area contributed by atoms with E-state index in [1.165, 1.54) is 6.42 Å². The fraction of sp³-hybridized carbons (Fsp3) is 0.643. The van der Waals surface area contributed by atoms with E-state index in [1.807, 2.05) is 11.4 Å². The maximum atomic E-state index is 10.8. The fourth-order valence-corrected chi connectivity index (χ4v) is 2.86. The first-order valence-electron chi connectivity index (χ1n) is 6.72. The highest BCUT2D eigenvalue weighted by atomic mass is 32.1. The zero-order chi connectivity index (χ0) is 13.4. The quantitative estimate of drug-likeness (QED) is 0.696. The van der Waals surface area contributed by atoms with Gasteiger partial charge in [-0.2, -0.15) is 0 Å². The number of nitrogens with zero attached hydrogens (tertiary/aromatic N) is 1. The van der Waals surface area contributed by atoms with Crippen LogP contribution in [0.4, 0.5) is 5.00 Å². The smallest absolute Gasteiger partial charge is 0.153 e. The number of rotatable bonds is 9. The summed E-state index contributed by atoms with van der Waals surface area (Å²) in [4.78, 5) is 13.3. The predicted molar refractivity (Wildman–Crippen MR) is 79.8 cm³/mol. The molecule has 1 rings (SSSR count). The molecule has 0 saturated heterocycles. The molecule has 0 radical (unpaired) electrons. The van der Waals surface area contributed by atoms with E-state index in [1.54, 1.807) is 11.3 Å². The van der Waals surface area contributed by atoms with Crippen molar-refractivity contribution in [2.24, 2.45) is 0 Å². The van der Waals surface area contributed by atoms with Gasteiger partial charge in [-0.1, -0.05) is 13.8 Å². The van der Waals surface area contributed by atoms with Crippen LogP contribution in [-0.2, 0) is 0 Å². The first kappa shape index (κ1) is 15.2. The van der Waals surface area contributed by atoms with Gasteiger partial charge >= 0.3 is 0 Å². The number of anilines is 1. The minimum atomic E-state index is 0.415. The number of hydrogen-bond acceptors (Lipinski definition) is 4. The summed E-state index contributed by atoms with van der Waals surface area (Å²) in [5.74, 6) is 0. The van der Waals surface area contributed by atoms with Crippen molar-refractivity contribution < 1.29 is 4.79 Å². The maximum Gasteiger partial charge on any atom is 0.153 e. The van der Waals surface area contributed by atoms with E-state index in [0.717, 1.165) is 42.9 Å². The number of aldehydes is 1. The monoisotopic (exact) mass is 268 g/mol. The topological polar surface area (TPSA) is 32.3 Å². The SMILES string of the molecule is CCN(CC)CCCC(C)Nc1sccc1C=O. The summed E-state index contributed by atoms with van der Waals surface area (Å²) in [6, 6.07) is 2.28. The molecule has 1 atom stereocenters.